The van der Waals surface area contributed by atoms with Gasteiger partial charge in [0.1, 0.15) is 0 Å². The number of carbonyl (C=O) groups excluding carboxylic acids is 1. The second-order valence-corrected chi connectivity index (χ2v) is 4.12. The number of nitrogens with zero attached hydrogens (tertiary/aromatic N) is 2. The molecule has 0 aromatic carbocycles. The maximum Gasteiger partial charge on any atom is 0.223 e. The summed E-state index contributed by atoms with van der Waals surface area (Å²) in [5, 5.41) is 0. The molecule has 1 saturated heterocycles. The van der Waals surface area contributed by atoms with Crippen LogP contribution in [0.1, 0.15) is 25.7 Å². The smallest absolute Gasteiger partial charge is 0.223 e. The van der Waals surface area contributed by atoms with Crippen LogP contribution < -0.4 is 0 Å². The molecule has 1 aliphatic heterocycles. The summed E-state index contributed by atoms with van der Waals surface area (Å²) >= 11 is 0. The predicted molar refractivity (Wildman–Crippen MR) is 53.6 cm³/mol. The van der Waals surface area contributed by atoms with Gasteiger partial charge in [-0.05, 0) is 26.4 Å². The van der Waals surface area contributed by atoms with Crippen LogP contribution in [0.3, 0.4) is 0 Å². The first-order chi connectivity index (χ1) is 6.11. The van der Waals surface area contributed by atoms with Crippen molar-refractivity contribution >= 4 is 5.91 Å². The van der Waals surface area contributed by atoms with Crippen molar-refractivity contribution in [3.63, 3.8) is 0 Å². The first-order valence-electron chi connectivity index (χ1n) is 5.01. The van der Waals surface area contributed by atoms with Gasteiger partial charge in [0.05, 0.1) is 0 Å². The zero-order valence-electron chi connectivity index (χ0n) is 8.92. The highest BCUT2D eigenvalue weighted by Gasteiger charge is 2.21. The van der Waals surface area contributed by atoms with Crippen molar-refractivity contribution in [2.75, 3.05) is 27.7 Å². The van der Waals surface area contributed by atoms with Gasteiger partial charge in [-0.25, -0.2) is 0 Å². The summed E-state index contributed by atoms with van der Waals surface area (Å²) < 4.78 is 0. The molecule has 0 aliphatic carbocycles. The van der Waals surface area contributed by atoms with E-state index in [1.165, 1.54) is 19.3 Å². The fourth-order valence-electron chi connectivity index (χ4n) is 1.79. The lowest BCUT2D eigenvalue weighted by molar-refractivity contribution is -0.130. The second kappa shape index (κ2) is 4.61. The van der Waals surface area contributed by atoms with Crippen molar-refractivity contribution in [2.45, 2.75) is 31.7 Å². The highest BCUT2D eigenvalue weighted by atomic mass is 16.2. The minimum absolute atomic E-state index is 0.249. The fraction of sp³-hybridized carbons (Fsp3) is 0.900. The topological polar surface area (TPSA) is 23.6 Å². The van der Waals surface area contributed by atoms with Gasteiger partial charge in [-0.15, -0.1) is 0 Å². The first-order valence-corrected chi connectivity index (χ1v) is 5.01. The molecule has 1 atom stereocenters. The molecule has 3 heteroatoms. The summed E-state index contributed by atoms with van der Waals surface area (Å²) in [6.07, 6.45) is 4.42. The fourth-order valence-corrected chi connectivity index (χ4v) is 1.79. The Morgan fingerprint density at radius 2 is 2.15 bits per heavy atom. The summed E-state index contributed by atoms with van der Waals surface area (Å²) in [5.74, 6) is 0.249. The van der Waals surface area contributed by atoms with Crippen molar-refractivity contribution in [3.05, 3.63) is 0 Å². The number of carbonyl (C=O) groups is 1. The van der Waals surface area contributed by atoms with Crippen molar-refractivity contribution in [1.82, 2.24) is 9.80 Å². The maximum atomic E-state index is 11.5. The van der Waals surface area contributed by atoms with E-state index in [0.29, 0.717) is 12.5 Å². The normalized spacial score (nSPS) is 24.4. The Labute approximate surface area is 80.7 Å². The molecule has 0 bridgehead atoms. The van der Waals surface area contributed by atoms with E-state index in [9.17, 15) is 4.79 Å². The van der Waals surface area contributed by atoms with Crippen molar-refractivity contribution < 1.29 is 4.79 Å². The van der Waals surface area contributed by atoms with Crippen LogP contribution in [0.5, 0.6) is 0 Å². The molecule has 0 aromatic rings. The van der Waals surface area contributed by atoms with Gasteiger partial charge in [-0.3, -0.25) is 4.79 Å². The third kappa shape index (κ3) is 2.99. The Balaban J connectivity index is 2.38. The standard InChI is InChI=1S/C10H20N2O/c1-11(2)10(13)8-9-6-4-5-7-12(9)3/h9H,4-8H2,1-3H3. The van der Waals surface area contributed by atoms with E-state index in [4.69, 9.17) is 0 Å². The van der Waals surface area contributed by atoms with Crippen LogP contribution in [0.15, 0.2) is 0 Å². The zero-order valence-corrected chi connectivity index (χ0v) is 8.92. The van der Waals surface area contributed by atoms with Gasteiger partial charge in [-0.1, -0.05) is 6.42 Å². The number of amides is 1. The molecule has 1 aliphatic rings. The maximum absolute atomic E-state index is 11.5. The molecule has 0 spiro atoms. The molecule has 0 saturated carbocycles. The Bertz CT molecular complexity index is 180. The molecule has 1 unspecified atom stereocenters. The van der Waals surface area contributed by atoms with Gasteiger partial charge < -0.3 is 9.80 Å². The molecule has 1 fully saturated rings. The lowest BCUT2D eigenvalue weighted by atomic mass is 10.00. The van der Waals surface area contributed by atoms with Gasteiger partial charge in [0.25, 0.3) is 0 Å². The van der Waals surface area contributed by atoms with E-state index < -0.39 is 0 Å². The van der Waals surface area contributed by atoms with E-state index in [2.05, 4.69) is 11.9 Å². The SMILES string of the molecule is CN(C)C(=O)CC1CCCCN1C. The molecular formula is C10H20N2O. The minimum atomic E-state index is 0.249. The third-order valence-corrected chi connectivity index (χ3v) is 2.83. The molecule has 0 radical (unpaired) electrons. The van der Waals surface area contributed by atoms with E-state index in [-0.39, 0.29) is 5.91 Å². The average Bonchev–Trinajstić information content (AvgIpc) is 2.08. The van der Waals surface area contributed by atoms with Crippen LogP contribution in [0, 0.1) is 0 Å². The number of piperidine rings is 1. The van der Waals surface area contributed by atoms with Crippen LogP contribution in [0.2, 0.25) is 0 Å². The van der Waals surface area contributed by atoms with Gasteiger partial charge in [0.15, 0.2) is 0 Å². The van der Waals surface area contributed by atoms with E-state index in [1.807, 2.05) is 14.1 Å². The number of rotatable bonds is 2. The van der Waals surface area contributed by atoms with Gasteiger partial charge in [0, 0.05) is 26.6 Å². The Morgan fingerprint density at radius 1 is 1.46 bits per heavy atom. The third-order valence-electron chi connectivity index (χ3n) is 2.83. The molecule has 76 valence electrons. The lowest BCUT2D eigenvalue weighted by Gasteiger charge is -2.32. The van der Waals surface area contributed by atoms with Crippen LogP contribution in [0.4, 0.5) is 0 Å². The first kappa shape index (κ1) is 10.5. The Morgan fingerprint density at radius 3 is 2.69 bits per heavy atom. The number of hydrogen-bond acceptors (Lipinski definition) is 2. The summed E-state index contributed by atoms with van der Waals surface area (Å²) in [6, 6.07) is 0.476. The zero-order chi connectivity index (χ0) is 9.84. The minimum Gasteiger partial charge on any atom is -0.349 e. The van der Waals surface area contributed by atoms with Gasteiger partial charge in [-0.2, -0.15) is 0 Å². The summed E-state index contributed by atoms with van der Waals surface area (Å²) in [4.78, 5) is 15.4. The number of hydrogen-bond donors (Lipinski definition) is 0. The molecule has 1 heterocycles. The average molecular weight is 184 g/mol. The van der Waals surface area contributed by atoms with Crippen molar-refractivity contribution in [1.29, 1.82) is 0 Å². The van der Waals surface area contributed by atoms with E-state index in [0.717, 1.165) is 6.54 Å². The lowest BCUT2D eigenvalue weighted by Crippen LogP contribution is -2.39. The Hall–Kier alpha value is -0.570. The monoisotopic (exact) mass is 184 g/mol. The molecule has 13 heavy (non-hydrogen) atoms. The highest BCUT2D eigenvalue weighted by Crippen LogP contribution is 2.17. The highest BCUT2D eigenvalue weighted by molar-refractivity contribution is 5.76. The molecule has 3 nitrogen and oxygen atoms in total. The molecular weight excluding hydrogens is 164 g/mol. The molecule has 0 aromatic heterocycles. The molecule has 1 rings (SSSR count). The van der Waals surface area contributed by atoms with Crippen LogP contribution in [-0.4, -0.2) is 49.4 Å². The molecule has 1 amide bonds. The second-order valence-electron chi connectivity index (χ2n) is 4.12. The summed E-state index contributed by atoms with van der Waals surface area (Å²) in [5.41, 5.74) is 0. The number of likely N-dealkylation sites (tertiary alicyclic amines) is 1. The largest absolute Gasteiger partial charge is 0.349 e. The van der Waals surface area contributed by atoms with E-state index in [1.54, 1.807) is 4.90 Å². The quantitative estimate of drug-likeness (QED) is 0.638. The summed E-state index contributed by atoms with van der Waals surface area (Å²) in [6.45, 7) is 1.14. The van der Waals surface area contributed by atoms with Gasteiger partial charge >= 0.3 is 0 Å². The van der Waals surface area contributed by atoms with Crippen LogP contribution in [0.25, 0.3) is 0 Å². The van der Waals surface area contributed by atoms with Gasteiger partial charge in [0.2, 0.25) is 5.91 Å². The van der Waals surface area contributed by atoms with Crippen LogP contribution >= 0.6 is 0 Å². The predicted octanol–water partition coefficient (Wildman–Crippen LogP) is 0.949. The van der Waals surface area contributed by atoms with Crippen molar-refractivity contribution in [2.24, 2.45) is 0 Å². The summed E-state index contributed by atoms with van der Waals surface area (Å²) in [7, 11) is 5.77. The van der Waals surface area contributed by atoms with Crippen molar-refractivity contribution in [3.8, 4) is 0 Å². The molecule has 0 N–H and O–H groups in total. The Kier molecular flexibility index (Phi) is 3.72. The van der Waals surface area contributed by atoms with E-state index >= 15 is 0 Å². The van der Waals surface area contributed by atoms with Crippen LogP contribution in [-0.2, 0) is 4.79 Å².